The van der Waals surface area contributed by atoms with E-state index in [-0.39, 0.29) is 11.9 Å². The monoisotopic (exact) mass is 407 g/mol. The summed E-state index contributed by atoms with van der Waals surface area (Å²) in [5.41, 5.74) is 3.62. The van der Waals surface area contributed by atoms with Crippen molar-refractivity contribution in [3.05, 3.63) is 53.6 Å². The molecular formula is C23H25N3O4. The van der Waals surface area contributed by atoms with Gasteiger partial charge in [0.2, 0.25) is 5.91 Å². The van der Waals surface area contributed by atoms with Gasteiger partial charge in [-0.3, -0.25) is 9.59 Å². The summed E-state index contributed by atoms with van der Waals surface area (Å²) in [5.74, 6) is -1.06. The molecule has 0 spiro atoms. The molecule has 2 aromatic rings. The minimum Gasteiger partial charge on any atom is -0.449 e. The number of hydrogen-bond donors (Lipinski definition) is 2. The lowest BCUT2D eigenvalue weighted by Gasteiger charge is -2.33. The van der Waals surface area contributed by atoms with Crippen LogP contribution in [0.5, 0.6) is 0 Å². The number of amides is 2. The Morgan fingerprint density at radius 3 is 2.73 bits per heavy atom. The number of rotatable bonds is 5. The molecule has 4 rings (SSSR count). The second-order valence-electron chi connectivity index (χ2n) is 7.66. The molecule has 7 nitrogen and oxygen atoms in total. The average Bonchev–Trinajstić information content (AvgIpc) is 3.24. The van der Waals surface area contributed by atoms with Crippen LogP contribution < -0.4 is 15.5 Å². The molecular weight excluding hydrogens is 382 g/mol. The Morgan fingerprint density at radius 1 is 1.23 bits per heavy atom. The van der Waals surface area contributed by atoms with Crippen molar-refractivity contribution >= 4 is 34.8 Å². The number of nitrogens with one attached hydrogen (secondary N) is 2. The van der Waals surface area contributed by atoms with E-state index < -0.39 is 18.0 Å². The van der Waals surface area contributed by atoms with Gasteiger partial charge in [-0.15, -0.1) is 0 Å². The highest BCUT2D eigenvalue weighted by atomic mass is 16.5. The number of fused-ring (bicyclic) bond motifs is 3. The molecule has 1 fully saturated rings. The van der Waals surface area contributed by atoms with Crippen molar-refractivity contribution in [2.75, 3.05) is 22.1 Å². The molecule has 2 aliphatic rings. The summed E-state index contributed by atoms with van der Waals surface area (Å²) in [4.78, 5) is 39.3. The number of aryl methyl sites for hydroxylation is 1. The molecule has 0 aliphatic carbocycles. The first-order chi connectivity index (χ1) is 14.5. The predicted octanol–water partition coefficient (Wildman–Crippen LogP) is 3.35. The molecule has 2 heterocycles. The van der Waals surface area contributed by atoms with Gasteiger partial charge in [-0.2, -0.15) is 0 Å². The number of anilines is 3. The molecule has 0 unspecified atom stereocenters. The molecule has 2 N–H and O–H groups in total. The Labute approximate surface area is 175 Å². The molecule has 1 saturated heterocycles. The van der Waals surface area contributed by atoms with Crippen LogP contribution >= 0.6 is 0 Å². The number of carbonyl (C=O) groups excluding carboxylic acids is 3. The third-order valence-corrected chi connectivity index (χ3v) is 5.64. The minimum atomic E-state index is -0.961. The summed E-state index contributed by atoms with van der Waals surface area (Å²) in [6.45, 7) is 4.42. The summed E-state index contributed by atoms with van der Waals surface area (Å²) < 4.78 is 5.34. The molecule has 7 heteroatoms. The number of carbonyl (C=O) groups is 3. The second-order valence-corrected chi connectivity index (χ2v) is 7.66. The van der Waals surface area contributed by atoms with E-state index >= 15 is 0 Å². The molecule has 30 heavy (non-hydrogen) atoms. The van der Waals surface area contributed by atoms with Crippen LogP contribution in [0.1, 0.15) is 42.6 Å². The molecule has 0 bridgehead atoms. The van der Waals surface area contributed by atoms with E-state index in [1.165, 1.54) is 12.5 Å². The second kappa shape index (κ2) is 8.18. The van der Waals surface area contributed by atoms with Crippen LogP contribution in [0.4, 0.5) is 17.1 Å². The largest absolute Gasteiger partial charge is 0.449 e. The number of hydrogen-bond acceptors (Lipinski definition) is 5. The molecule has 0 saturated carbocycles. The topological polar surface area (TPSA) is 87.7 Å². The summed E-state index contributed by atoms with van der Waals surface area (Å²) >= 11 is 0. The van der Waals surface area contributed by atoms with Gasteiger partial charge < -0.3 is 20.3 Å². The molecule has 2 amide bonds. The van der Waals surface area contributed by atoms with Crippen molar-refractivity contribution in [2.45, 2.75) is 45.3 Å². The molecule has 2 aliphatic heterocycles. The molecule has 2 atom stereocenters. The lowest BCUT2D eigenvalue weighted by Crippen LogP contribution is -2.43. The Bertz CT molecular complexity index is 986. The lowest BCUT2D eigenvalue weighted by molar-refractivity contribution is -0.123. The van der Waals surface area contributed by atoms with E-state index in [4.69, 9.17) is 4.74 Å². The fourth-order valence-corrected chi connectivity index (χ4v) is 3.91. The van der Waals surface area contributed by atoms with Gasteiger partial charge in [0.1, 0.15) is 6.04 Å². The Kier molecular flexibility index (Phi) is 5.44. The van der Waals surface area contributed by atoms with Crippen LogP contribution in [0.15, 0.2) is 42.5 Å². The number of benzene rings is 2. The van der Waals surface area contributed by atoms with Gasteiger partial charge in [0.05, 0.1) is 16.9 Å². The van der Waals surface area contributed by atoms with Gasteiger partial charge in [0.15, 0.2) is 6.10 Å². The van der Waals surface area contributed by atoms with Gasteiger partial charge in [0.25, 0.3) is 5.91 Å². The minimum absolute atomic E-state index is 0.0487. The normalized spacial score (nSPS) is 18.1. The number of ether oxygens (including phenoxy) is 1. The SMILES string of the molecule is CCc1ccc(NC(=O)[C@@H](C)OC(=O)c2ccc3c(c2)NC(=O)[C@@H]2CCCN32)cc1. The standard InChI is InChI=1S/C23H25N3O4/c1-3-15-6-9-17(10-7-15)24-21(27)14(2)30-23(29)16-8-11-19-18(13-16)25-22(28)20-5-4-12-26(19)20/h6-11,13-14,20H,3-5,12H2,1-2H3,(H,24,27)(H,25,28)/t14-,20+/m1/s1. The number of nitrogens with zero attached hydrogens (tertiary/aromatic N) is 1. The highest BCUT2D eigenvalue weighted by molar-refractivity contribution is 6.05. The lowest BCUT2D eigenvalue weighted by atomic mass is 10.1. The fourth-order valence-electron chi connectivity index (χ4n) is 3.91. The highest BCUT2D eigenvalue weighted by Crippen LogP contribution is 2.37. The number of esters is 1. The van der Waals surface area contributed by atoms with Crippen LogP contribution in [-0.2, 0) is 20.7 Å². The Balaban J connectivity index is 1.41. The molecule has 0 radical (unpaired) electrons. The zero-order chi connectivity index (χ0) is 21.3. The first kappa shape index (κ1) is 19.9. The Hall–Kier alpha value is -3.35. The van der Waals surface area contributed by atoms with Crippen molar-refractivity contribution in [3.8, 4) is 0 Å². The first-order valence-corrected chi connectivity index (χ1v) is 10.3. The molecule has 2 aromatic carbocycles. The predicted molar refractivity (Wildman–Crippen MR) is 115 cm³/mol. The van der Waals surface area contributed by atoms with Gasteiger partial charge in [-0.1, -0.05) is 19.1 Å². The van der Waals surface area contributed by atoms with Crippen LogP contribution in [-0.4, -0.2) is 36.5 Å². The van der Waals surface area contributed by atoms with Gasteiger partial charge >= 0.3 is 5.97 Å². The van der Waals surface area contributed by atoms with Crippen LogP contribution in [0, 0.1) is 0 Å². The quantitative estimate of drug-likeness (QED) is 0.742. The first-order valence-electron chi connectivity index (χ1n) is 10.3. The van der Waals surface area contributed by atoms with E-state index in [1.54, 1.807) is 12.1 Å². The fraction of sp³-hybridized carbons (Fsp3) is 0.348. The maximum Gasteiger partial charge on any atom is 0.338 e. The zero-order valence-electron chi connectivity index (χ0n) is 17.1. The van der Waals surface area contributed by atoms with Crippen molar-refractivity contribution in [1.29, 1.82) is 0 Å². The summed E-state index contributed by atoms with van der Waals surface area (Å²) in [7, 11) is 0. The van der Waals surface area contributed by atoms with Crippen molar-refractivity contribution in [1.82, 2.24) is 0 Å². The maximum absolute atomic E-state index is 12.6. The summed E-state index contributed by atoms with van der Waals surface area (Å²) in [6.07, 6.45) is 1.76. The molecule has 0 aromatic heterocycles. The zero-order valence-corrected chi connectivity index (χ0v) is 17.1. The summed E-state index contributed by atoms with van der Waals surface area (Å²) in [6, 6.07) is 12.5. The van der Waals surface area contributed by atoms with E-state index in [1.807, 2.05) is 30.3 Å². The van der Waals surface area contributed by atoms with E-state index in [2.05, 4.69) is 22.5 Å². The van der Waals surface area contributed by atoms with E-state index in [9.17, 15) is 14.4 Å². The summed E-state index contributed by atoms with van der Waals surface area (Å²) in [5, 5.41) is 5.63. The maximum atomic E-state index is 12.6. The van der Waals surface area contributed by atoms with Crippen molar-refractivity contribution < 1.29 is 19.1 Å². The van der Waals surface area contributed by atoms with Crippen LogP contribution in [0.25, 0.3) is 0 Å². The third-order valence-electron chi connectivity index (χ3n) is 5.64. The average molecular weight is 407 g/mol. The van der Waals surface area contributed by atoms with E-state index in [0.29, 0.717) is 16.9 Å². The van der Waals surface area contributed by atoms with Crippen LogP contribution in [0.3, 0.4) is 0 Å². The third kappa shape index (κ3) is 3.87. The van der Waals surface area contributed by atoms with Crippen LogP contribution in [0.2, 0.25) is 0 Å². The Morgan fingerprint density at radius 2 is 2.00 bits per heavy atom. The van der Waals surface area contributed by atoms with E-state index in [0.717, 1.165) is 31.5 Å². The molecule has 156 valence electrons. The van der Waals surface area contributed by atoms with Gasteiger partial charge in [0, 0.05) is 12.2 Å². The van der Waals surface area contributed by atoms with Gasteiger partial charge in [-0.25, -0.2) is 4.79 Å². The van der Waals surface area contributed by atoms with Crippen molar-refractivity contribution in [2.24, 2.45) is 0 Å². The van der Waals surface area contributed by atoms with Gasteiger partial charge in [-0.05, 0) is 62.1 Å². The highest BCUT2D eigenvalue weighted by Gasteiger charge is 2.36. The smallest absolute Gasteiger partial charge is 0.338 e. The van der Waals surface area contributed by atoms with Crippen molar-refractivity contribution in [3.63, 3.8) is 0 Å².